The van der Waals surface area contributed by atoms with Crippen LogP contribution in [0.1, 0.15) is 20.8 Å². The van der Waals surface area contributed by atoms with Gasteiger partial charge in [0.15, 0.2) is 0 Å². The van der Waals surface area contributed by atoms with Crippen LogP contribution >= 0.6 is 0 Å². The maximum Gasteiger partial charge on any atom is 0.270 e. The first kappa shape index (κ1) is 15.7. The molecule has 0 fully saturated rings. The van der Waals surface area contributed by atoms with E-state index in [4.69, 9.17) is 0 Å². The summed E-state index contributed by atoms with van der Waals surface area (Å²) in [6.07, 6.45) is -1.52. The lowest BCUT2D eigenvalue weighted by Crippen LogP contribution is -2.61. The van der Waals surface area contributed by atoms with Crippen LogP contribution in [0.2, 0.25) is 0 Å². The molecular formula is C10H19N2O5-. The highest BCUT2D eigenvalue weighted by molar-refractivity contribution is 5.84. The third-order valence-electron chi connectivity index (χ3n) is 2.27. The lowest BCUT2D eigenvalue weighted by atomic mass is 10.0. The van der Waals surface area contributed by atoms with Gasteiger partial charge in [0.2, 0.25) is 0 Å². The monoisotopic (exact) mass is 247 g/mol. The predicted molar refractivity (Wildman–Crippen MR) is 57.6 cm³/mol. The van der Waals surface area contributed by atoms with Crippen molar-refractivity contribution in [2.24, 2.45) is 0 Å². The smallest absolute Gasteiger partial charge is 0.270 e. The molecule has 1 unspecified atom stereocenters. The average Bonchev–Trinajstić information content (AvgIpc) is 2.20. The molecule has 2 amide bonds. The molecule has 0 bridgehead atoms. The summed E-state index contributed by atoms with van der Waals surface area (Å²) in [6.45, 7) is 4.17. The summed E-state index contributed by atoms with van der Waals surface area (Å²) in [7, 11) is 2.61. The van der Waals surface area contributed by atoms with Crippen molar-refractivity contribution in [3.63, 3.8) is 0 Å². The van der Waals surface area contributed by atoms with Crippen molar-refractivity contribution < 1.29 is 24.6 Å². The third kappa shape index (κ3) is 3.86. The second-order valence-electron chi connectivity index (χ2n) is 4.52. The minimum absolute atomic E-state index is 0.641. The Kier molecular flexibility index (Phi) is 5.37. The molecule has 0 aliphatic rings. The highest BCUT2D eigenvalue weighted by Gasteiger charge is 2.35. The maximum absolute atomic E-state index is 11.8. The summed E-state index contributed by atoms with van der Waals surface area (Å²) in [4.78, 5) is 28.3. The standard InChI is InChI=1S/C10H20N2O5/c1-10(2,3)12(9(15)16)7(6-13)8(14)11(4)17-5/h7,13H,6H2,1-5H3,(H,15,16)/p-1. The Labute approximate surface area is 101 Å². The highest BCUT2D eigenvalue weighted by atomic mass is 16.7. The first-order valence-electron chi connectivity index (χ1n) is 5.09. The number of aliphatic hydroxyl groups excluding tert-OH is 1. The highest BCUT2D eigenvalue weighted by Crippen LogP contribution is 2.17. The van der Waals surface area contributed by atoms with Crippen LogP contribution in [0, 0.1) is 0 Å². The SMILES string of the molecule is CON(C)C(=O)C(CO)N(C(=O)[O-])C(C)(C)C. The van der Waals surface area contributed by atoms with Gasteiger partial charge < -0.3 is 19.9 Å². The molecule has 0 aliphatic heterocycles. The number of nitrogens with zero attached hydrogens (tertiary/aromatic N) is 2. The van der Waals surface area contributed by atoms with E-state index in [1.807, 2.05) is 0 Å². The summed E-state index contributed by atoms with van der Waals surface area (Å²) in [5.41, 5.74) is -0.865. The Balaban J connectivity index is 5.19. The fourth-order valence-electron chi connectivity index (χ4n) is 1.44. The number of rotatable bonds is 4. The largest absolute Gasteiger partial charge is 0.530 e. The topological polar surface area (TPSA) is 93.1 Å². The molecule has 1 N–H and O–H groups in total. The van der Waals surface area contributed by atoms with E-state index in [2.05, 4.69) is 4.84 Å². The zero-order valence-electron chi connectivity index (χ0n) is 10.8. The van der Waals surface area contributed by atoms with Gasteiger partial charge in [0.25, 0.3) is 5.91 Å². The van der Waals surface area contributed by atoms with Gasteiger partial charge in [-0.05, 0) is 20.8 Å². The zero-order chi connectivity index (χ0) is 13.8. The fraction of sp³-hybridized carbons (Fsp3) is 0.800. The van der Waals surface area contributed by atoms with E-state index in [9.17, 15) is 19.8 Å². The quantitative estimate of drug-likeness (QED) is 0.630. The van der Waals surface area contributed by atoms with Crippen LogP contribution in [0.5, 0.6) is 0 Å². The number of carbonyl (C=O) groups excluding carboxylic acids is 2. The first-order valence-corrected chi connectivity index (χ1v) is 5.09. The van der Waals surface area contributed by atoms with Crippen molar-refractivity contribution >= 4 is 12.0 Å². The number of carbonyl (C=O) groups is 2. The number of aliphatic hydroxyl groups is 1. The maximum atomic E-state index is 11.8. The zero-order valence-corrected chi connectivity index (χ0v) is 10.8. The van der Waals surface area contributed by atoms with Crippen molar-refractivity contribution in [1.82, 2.24) is 9.96 Å². The summed E-state index contributed by atoms with van der Waals surface area (Å²) >= 11 is 0. The molecule has 0 rings (SSSR count). The molecule has 0 aromatic rings. The third-order valence-corrected chi connectivity index (χ3v) is 2.27. The van der Waals surface area contributed by atoms with E-state index in [0.29, 0.717) is 0 Å². The van der Waals surface area contributed by atoms with Gasteiger partial charge in [-0.3, -0.25) is 9.63 Å². The number of carboxylic acid groups (broad SMARTS) is 1. The van der Waals surface area contributed by atoms with Crippen molar-refractivity contribution in [3.8, 4) is 0 Å². The van der Waals surface area contributed by atoms with Crippen LogP contribution in [0.15, 0.2) is 0 Å². The van der Waals surface area contributed by atoms with Gasteiger partial charge in [0, 0.05) is 12.6 Å². The lowest BCUT2D eigenvalue weighted by Gasteiger charge is -2.42. The van der Waals surface area contributed by atoms with Gasteiger partial charge in [-0.1, -0.05) is 0 Å². The van der Waals surface area contributed by atoms with E-state index in [1.165, 1.54) is 14.2 Å². The molecule has 0 aliphatic carbocycles. The lowest BCUT2D eigenvalue weighted by molar-refractivity contribution is -0.275. The van der Waals surface area contributed by atoms with Crippen LogP contribution in [0.4, 0.5) is 4.79 Å². The summed E-state index contributed by atoms with van der Waals surface area (Å²) in [5, 5.41) is 21.1. The van der Waals surface area contributed by atoms with E-state index in [0.717, 1.165) is 9.96 Å². The van der Waals surface area contributed by atoms with E-state index >= 15 is 0 Å². The van der Waals surface area contributed by atoms with Crippen LogP contribution < -0.4 is 5.11 Å². The normalized spacial score (nSPS) is 13.1. The van der Waals surface area contributed by atoms with Crippen LogP contribution in [0.25, 0.3) is 0 Å². The molecule has 17 heavy (non-hydrogen) atoms. The molecule has 0 spiro atoms. The first-order chi connectivity index (χ1) is 7.66. The van der Waals surface area contributed by atoms with Gasteiger partial charge in [0.05, 0.1) is 13.7 Å². The molecule has 1 atom stereocenters. The second-order valence-corrected chi connectivity index (χ2v) is 4.52. The number of amides is 2. The predicted octanol–water partition coefficient (Wildman–Crippen LogP) is -1.19. The number of hydrogen-bond donors (Lipinski definition) is 1. The summed E-state index contributed by atoms with van der Waals surface area (Å²) < 4.78 is 0. The van der Waals surface area contributed by atoms with E-state index < -0.39 is 30.2 Å². The van der Waals surface area contributed by atoms with Gasteiger partial charge >= 0.3 is 0 Å². The van der Waals surface area contributed by atoms with E-state index in [-0.39, 0.29) is 0 Å². The Morgan fingerprint density at radius 3 is 2.12 bits per heavy atom. The van der Waals surface area contributed by atoms with Crippen molar-refractivity contribution in [3.05, 3.63) is 0 Å². The van der Waals surface area contributed by atoms with Crippen molar-refractivity contribution in [2.75, 3.05) is 20.8 Å². The van der Waals surface area contributed by atoms with Gasteiger partial charge in [-0.2, -0.15) is 0 Å². The summed E-state index contributed by atoms with van der Waals surface area (Å²) in [6, 6.07) is -1.25. The molecular weight excluding hydrogens is 228 g/mol. The molecule has 0 saturated carbocycles. The molecule has 0 saturated heterocycles. The van der Waals surface area contributed by atoms with Gasteiger partial charge in [0.1, 0.15) is 12.1 Å². The molecule has 0 aromatic heterocycles. The second kappa shape index (κ2) is 5.83. The molecule has 7 heteroatoms. The fourth-order valence-corrected chi connectivity index (χ4v) is 1.44. The minimum atomic E-state index is -1.52. The Morgan fingerprint density at radius 1 is 1.41 bits per heavy atom. The van der Waals surface area contributed by atoms with Gasteiger partial charge in [-0.25, -0.2) is 5.06 Å². The van der Waals surface area contributed by atoms with Crippen LogP contribution in [-0.4, -0.2) is 59.4 Å². The number of likely N-dealkylation sites (N-methyl/N-ethyl adjacent to an activating group) is 1. The van der Waals surface area contributed by atoms with Crippen LogP contribution in [-0.2, 0) is 9.63 Å². The Hall–Kier alpha value is -1.34. The van der Waals surface area contributed by atoms with Crippen molar-refractivity contribution in [2.45, 2.75) is 32.4 Å². The average molecular weight is 247 g/mol. The molecule has 100 valence electrons. The summed E-state index contributed by atoms with van der Waals surface area (Å²) in [5.74, 6) is -0.658. The number of hydrogen-bond acceptors (Lipinski definition) is 5. The van der Waals surface area contributed by atoms with E-state index in [1.54, 1.807) is 20.8 Å². The molecule has 0 heterocycles. The minimum Gasteiger partial charge on any atom is -0.530 e. The molecule has 7 nitrogen and oxygen atoms in total. The van der Waals surface area contributed by atoms with Crippen LogP contribution in [0.3, 0.4) is 0 Å². The molecule has 0 radical (unpaired) electrons. The van der Waals surface area contributed by atoms with Crippen molar-refractivity contribution in [1.29, 1.82) is 0 Å². The van der Waals surface area contributed by atoms with Gasteiger partial charge in [-0.15, -0.1) is 0 Å². The number of hydroxylamine groups is 2. The Morgan fingerprint density at radius 2 is 1.88 bits per heavy atom. The molecule has 0 aromatic carbocycles. The Bertz CT molecular complexity index is 287.